The summed E-state index contributed by atoms with van der Waals surface area (Å²) in [5.74, 6) is -0.937. The quantitative estimate of drug-likeness (QED) is 0.485. The molecule has 0 aromatic heterocycles. The van der Waals surface area contributed by atoms with Crippen LogP contribution in [-0.2, 0) is 9.59 Å². The normalized spacial score (nSPS) is 11.3. The van der Waals surface area contributed by atoms with Crippen LogP contribution in [-0.4, -0.2) is 48.6 Å². The molecule has 0 aromatic carbocycles. The van der Waals surface area contributed by atoms with Gasteiger partial charge >= 0.3 is 5.97 Å². The number of amides is 1. The number of nitrogens with zero attached hydrogens (tertiary/aromatic N) is 1. The van der Waals surface area contributed by atoms with E-state index in [1.54, 1.807) is 18.0 Å². The predicted molar refractivity (Wildman–Crippen MR) is 57.6 cm³/mol. The highest BCUT2D eigenvalue weighted by atomic mass is 16.4. The van der Waals surface area contributed by atoms with E-state index in [0.29, 0.717) is 13.1 Å². The first-order chi connectivity index (χ1) is 6.99. The molecule has 0 unspecified atom stereocenters. The van der Waals surface area contributed by atoms with Crippen molar-refractivity contribution in [1.29, 1.82) is 0 Å². The summed E-state index contributed by atoms with van der Waals surface area (Å²) in [6.07, 6.45) is 1.54. The second kappa shape index (κ2) is 7.00. The molecule has 0 bridgehead atoms. The highest BCUT2D eigenvalue weighted by Crippen LogP contribution is 1.89. The Kier molecular flexibility index (Phi) is 6.37. The minimum atomic E-state index is -0.936. The van der Waals surface area contributed by atoms with Gasteiger partial charge in [-0.3, -0.25) is 4.79 Å². The van der Waals surface area contributed by atoms with E-state index in [9.17, 15) is 9.59 Å². The van der Waals surface area contributed by atoms with Crippen LogP contribution < -0.4 is 5.32 Å². The Labute approximate surface area is 89.8 Å². The Morgan fingerprint density at radius 3 is 2.53 bits per heavy atom. The SMILES string of the molecule is CCN(C)C(=O)CNC/C=C(/C)C(=O)O. The van der Waals surface area contributed by atoms with Crippen LogP contribution in [0.4, 0.5) is 0 Å². The molecule has 0 spiro atoms. The van der Waals surface area contributed by atoms with E-state index in [1.165, 1.54) is 6.92 Å². The number of carboxylic acids is 1. The summed E-state index contributed by atoms with van der Waals surface area (Å²) in [6.45, 7) is 4.70. The minimum absolute atomic E-state index is 0.00104. The van der Waals surface area contributed by atoms with E-state index in [1.807, 2.05) is 6.92 Å². The topological polar surface area (TPSA) is 69.6 Å². The zero-order valence-electron chi connectivity index (χ0n) is 9.41. The highest BCUT2D eigenvalue weighted by Gasteiger charge is 2.04. The molecule has 0 radical (unpaired) electrons. The molecular weight excluding hydrogens is 196 g/mol. The van der Waals surface area contributed by atoms with Crippen molar-refractivity contribution < 1.29 is 14.7 Å². The maximum atomic E-state index is 11.3. The summed E-state index contributed by atoms with van der Waals surface area (Å²) in [5, 5.41) is 11.4. The smallest absolute Gasteiger partial charge is 0.330 e. The molecule has 0 saturated heterocycles. The van der Waals surface area contributed by atoms with Crippen LogP contribution in [0.2, 0.25) is 0 Å². The van der Waals surface area contributed by atoms with Crippen molar-refractivity contribution in [2.75, 3.05) is 26.7 Å². The van der Waals surface area contributed by atoms with Crippen LogP contribution in [0.1, 0.15) is 13.8 Å². The zero-order chi connectivity index (χ0) is 11.8. The molecule has 0 saturated carbocycles. The Morgan fingerprint density at radius 2 is 2.07 bits per heavy atom. The number of likely N-dealkylation sites (N-methyl/N-ethyl adjacent to an activating group) is 1. The monoisotopic (exact) mass is 214 g/mol. The van der Waals surface area contributed by atoms with Gasteiger partial charge in [-0.2, -0.15) is 0 Å². The van der Waals surface area contributed by atoms with Crippen LogP contribution in [0, 0.1) is 0 Å². The molecule has 0 aliphatic carbocycles. The first-order valence-electron chi connectivity index (χ1n) is 4.83. The largest absolute Gasteiger partial charge is 0.478 e. The predicted octanol–water partition coefficient (Wildman–Crippen LogP) is 0.0852. The molecule has 0 aliphatic heterocycles. The lowest BCUT2D eigenvalue weighted by Gasteiger charge is -2.14. The second-order valence-corrected chi connectivity index (χ2v) is 3.23. The lowest BCUT2D eigenvalue weighted by molar-refractivity contribution is -0.132. The molecule has 0 aliphatic rings. The highest BCUT2D eigenvalue weighted by molar-refractivity contribution is 5.85. The van der Waals surface area contributed by atoms with Crippen molar-refractivity contribution in [3.8, 4) is 0 Å². The maximum absolute atomic E-state index is 11.3. The summed E-state index contributed by atoms with van der Waals surface area (Å²) in [6, 6.07) is 0. The third-order valence-electron chi connectivity index (χ3n) is 2.07. The molecule has 0 atom stereocenters. The van der Waals surface area contributed by atoms with Gasteiger partial charge in [-0.25, -0.2) is 4.79 Å². The van der Waals surface area contributed by atoms with E-state index >= 15 is 0 Å². The molecule has 0 fully saturated rings. The second-order valence-electron chi connectivity index (χ2n) is 3.23. The van der Waals surface area contributed by atoms with E-state index < -0.39 is 5.97 Å². The average Bonchev–Trinajstić information content (AvgIpc) is 2.22. The van der Waals surface area contributed by atoms with E-state index in [4.69, 9.17) is 5.11 Å². The molecule has 0 aromatic rings. The molecule has 15 heavy (non-hydrogen) atoms. The lowest BCUT2D eigenvalue weighted by Crippen LogP contribution is -2.35. The van der Waals surface area contributed by atoms with E-state index in [-0.39, 0.29) is 18.0 Å². The lowest BCUT2D eigenvalue weighted by atomic mass is 10.3. The van der Waals surface area contributed by atoms with Crippen molar-refractivity contribution in [3.63, 3.8) is 0 Å². The van der Waals surface area contributed by atoms with Gasteiger partial charge in [0.05, 0.1) is 6.54 Å². The molecule has 86 valence electrons. The first-order valence-corrected chi connectivity index (χ1v) is 4.83. The summed E-state index contributed by atoms with van der Waals surface area (Å²) in [5.41, 5.74) is 0.277. The van der Waals surface area contributed by atoms with Crippen molar-refractivity contribution in [2.45, 2.75) is 13.8 Å². The van der Waals surface area contributed by atoms with Gasteiger partial charge in [0.2, 0.25) is 5.91 Å². The first kappa shape index (κ1) is 13.6. The summed E-state index contributed by atoms with van der Waals surface area (Å²) < 4.78 is 0. The van der Waals surface area contributed by atoms with Crippen LogP contribution in [0.15, 0.2) is 11.6 Å². The number of aliphatic carboxylic acids is 1. The number of carbonyl (C=O) groups excluding carboxylic acids is 1. The Morgan fingerprint density at radius 1 is 1.47 bits per heavy atom. The minimum Gasteiger partial charge on any atom is -0.478 e. The van der Waals surface area contributed by atoms with E-state index in [2.05, 4.69) is 5.32 Å². The molecule has 0 rings (SSSR count). The van der Waals surface area contributed by atoms with Gasteiger partial charge in [0.15, 0.2) is 0 Å². The fraction of sp³-hybridized carbons (Fsp3) is 0.600. The van der Waals surface area contributed by atoms with E-state index in [0.717, 1.165) is 0 Å². The maximum Gasteiger partial charge on any atom is 0.330 e. The third kappa shape index (κ3) is 5.85. The van der Waals surface area contributed by atoms with Crippen molar-refractivity contribution in [1.82, 2.24) is 10.2 Å². The van der Waals surface area contributed by atoms with Gasteiger partial charge in [0.1, 0.15) is 0 Å². The van der Waals surface area contributed by atoms with Gasteiger partial charge in [-0.15, -0.1) is 0 Å². The van der Waals surface area contributed by atoms with Crippen molar-refractivity contribution >= 4 is 11.9 Å². The van der Waals surface area contributed by atoms with Gasteiger partial charge in [-0.05, 0) is 13.8 Å². The zero-order valence-corrected chi connectivity index (χ0v) is 9.41. The van der Waals surface area contributed by atoms with Crippen LogP contribution in [0.3, 0.4) is 0 Å². The fourth-order valence-electron chi connectivity index (χ4n) is 0.803. The molecular formula is C10H18N2O3. The molecule has 1 amide bonds. The third-order valence-corrected chi connectivity index (χ3v) is 2.07. The van der Waals surface area contributed by atoms with Gasteiger partial charge in [0.25, 0.3) is 0 Å². The summed E-state index contributed by atoms with van der Waals surface area (Å²) >= 11 is 0. The number of carboxylic acid groups (broad SMARTS) is 1. The summed E-state index contributed by atoms with van der Waals surface area (Å²) in [7, 11) is 1.72. The van der Waals surface area contributed by atoms with Gasteiger partial charge in [-0.1, -0.05) is 6.08 Å². The van der Waals surface area contributed by atoms with Gasteiger partial charge < -0.3 is 15.3 Å². The Hall–Kier alpha value is -1.36. The number of rotatable bonds is 6. The van der Waals surface area contributed by atoms with Crippen molar-refractivity contribution in [3.05, 3.63) is 11.6 Å². The van der Waals surface area contributed by atoms with Crippen LogP contribution in [0.25, 0.3) is 0 Å². The Balaban J connectivity index is 3.76. The number of hydrogen-bond acceptors (Lipinski definition) is 3. The number of nitrogens with one attached hydrogen (secondary N) is 1. The summed E-state index contributed by atoms with van der Waals surface area (Å²) in [4.78, 5) is 23.3. The van der Waals surface area contributed by atoms with Crippen LogP contribution >= 0.6 is 0 Å². The van der Waals surface area contributed by atoms with Crippen LogP contribution in [0.5, 0.6) is 0 Å². The van der Waals surface area contributed by atoms with Crippen molar-refractivity contribution in [2.24, 2.45) is 0 Å². The molecule has 2 N–H and O–H groups in total. The number of hydrogen-bond donors (Lipinski definition) is 2. The molecule has 5 nitrogen and oxygen atoms in total. The molecule has 5 heteroatoms. The standard InChI is InChI=1S/C10H18N2O3/c1-4-12(3)9(13)7-11-6-5-8(2)10(14)15/h5,11H,4,6-7H2,1-3H3,(H,14,15)/b8-5-. The van der Waals surface area contributed by atoms with Gasteiger partial charge in [0, 0.05) is 25.7 Å². The fourth-order valence-corrected chi connectivity index (χ4v) is 0.803. The average molecular weight is 214 g/mol. The number of carbonyl (C=O) groups is 2. The Bertz CT molecular complexity index is 261. The molecule has 0 heterocycles.